The van der Waals surface area contributed by atoms with Crippen LogP contribution < -0.4 is 10.1 Å². The van der Waals surface area contributed by atoms with E-state index in [1.54, 1.807) is 31.6 Å². The monoisotopic (exact) mass is 386 g/mol. The third-order valence-electron chi connectivity index (χ3n) is 5.01. The number of imidazole rings is 1. The summed E-state index contributed by atoms with van der Waals surface area (Å²) in [5.41, 5.74) is 1.78. The zero-order valence-corrected chi connectivity index (χ0v) is 16.2. The lowest BCUT2D eigenvalue weighted by Gasteiger charge is -2.29. The van der Waals surface area contributed by atoms with Crippen LogP contribution in [0.5, 0.6) is 5.75 Å². The molecule has 0 aliphatic carbocycles. The Bertz CT molecular complexity index is 793. The van der Waals surface area contributed by atoms with Crippen LogP contribution in [0.4, 0.5) is 0 Å². The molecule has 1 aromatic carbocycles. The minimum atomic E-state index is -0.484. The van der Waals surface area contributed by atoms with Crippen LogP contribution in [0.25, 0.3) is 0 Å². The minimum absolute atomic E-state index is 0.0540. The first-order chi connectivity index (χ1) is 13.7. The average molecular weight is 386 g/mol. The smallest absolute Gasteiger partial charge is 0.226 e. The first-order valence-corrected chi connectivity index (χ1v) is 9.32. The van der Waals surface area contributed by atoms with Crippen LogP contribution in [0.1, 0.15) is 23.7 Å². The van der Waals surface area contributed by atoms with Crippen LogP contribution in [0.3, 0.4) is 0 Å². The third-order valence-corrected chi connectivity index (χ3v) is 5.01. The summed E-state index contributed by atoms with van der Waals surface area (Å²) in [4.78, 5) is 34.3. The Hall–Kier alpha value is -2.87. The molecule has 2 N–H and O–H groups in total. The highest BCUT2D eigenvalue weighted by molar-refractivity contribution is 5.90. The lowest BCUT2D eigenvalue weighted by molar-refractivity contribution is -0.129. The molecule has 0 saturated carbocycles. The molecule has 1 aliphatic rings. The van der Waals surface area contributed by atoms with Crippen LogP contribution in [0.15, 0.2) is 36.8 Å². The molecule has 3 rings (SSSR count). The number of benzene rings is 1. The highest BCUT2D eigenvalue weighted by atomic mass is 16.5. The minimum Gasteiger partial charge on any atom is -0.496 e. The van der Waals surface area contributed by atoms with E-state index < -0.39 is 5.92 Å². The maximum absolute atomic E-state index is 12.9. The SMILES string of the molecule is COCCN1C(=O)C[C@@H](C(=O)NCCc2cnc[nH]2)[C@@H]1c1ccccc1OC. The zero-order valence-electron chi connectivity index (χ0n) is 16.2. The van der Waals surface area contributed by atoms with Crippen molar-refractivity contribution in [3.8, 4) is 5.75 Å². The molecule has 1 fully saturated rings. The second-order valence-electron chi connectivity index (χ2n) is 6.70. The molecular weight excluding hydrogens is 360 g/mol. The average Bonchev–Trinajstić information content (AvgIpc) is 3.34. The van der Waals surface area contributed by atoms with Crippen LogP contribution in [-0.2, 0) is 20.7 Å². The van der Waals surface area contributed by atoms with Crippen molar-refractivity contribution in [2.75, 3.05) is 33.9 Å². The number of para-hydroxylation sites is 1. The normalized spacial score (nSPS) is 19.1. The Morgan fingerprint density at radius 3 is 2.89 bits per heavy atom. The number of aromatic nitrogens is 2. The van der Waals surface area contributed by atoms with Gasteiger partial charge in [-0.05, 0) is 6.07 Å². The highest BCUT2D eigenvalue weighted by Gasteiger charge is 2.45. The number of amides is 2. The van der Waals surface area contributed by atoms with Gasteiger partial charge in [0.1, 0.15) is 5.75 Å². The maximum atomic E-state index is 12.9. The summed E-state index contributed by atoms with van der Waals surface area (Å²) in [6, 6.07) is 7.14. The van der Waals surface area contributed by atoms with Gasteiger partial charge in [0.2, 0.25) is 11.8 Å². The van der Waals surface area contributed by atoms with Crippen LogP contribution in [-0.4, -0.2) is 60.6 Å². The van der Waals surface area contributed by atoms with Crippen molar-refractivity contribution in [2.24, 2.45) is 5.92 Å². The van der Waals surface area contributed by atoms with Crippen LogP contribution in [0, 0.1) is 5.92 Å². The van der Waals surface area contributed by atoms with Crippen molar-refractivity contribution in [3.63, 3.8) is 0 Å². The number of nitrogens with zero attached hydrogens (tertiary/aromatic N) is 2. The summed E-state index contributed by atoms with van der Waals surface area (Å²) in [6.45, 7) is 1.31. The Morgan fingerprint density at radius 1 is 1.36 bits per heavy atom. The first-order valence-electron chi connectivity index (χ1n) is 9.32. The van der Waals surface area contributed by atoms with E-state index in [1.807, 2.05) is 24.3 Å². The van der Waals surface area contributed by atoms with Gasteiger partial charge in [-0.2, -0.15) is 0 Å². The number of likely N-dealkylation sites (tertiary alicyclic amines) is 1. The van der Waals surface area contributed by atoms with E-state index in [0.29, 0.717) is 31.9 Å². The summed E-state index contributed by atoms with van der Waals surface area (Å²) in [5.74, 6) is -0.00679. The molecule has 0 unspecified atom stereocenters. The van der Waals surface area contributed by atoms with Crippen molar-refractivity contribution >= 4 is 11.8 Å². The molecule has 2 atom stereocenters. The van der Waals surface area contributed by atoms with E-state index in [0.717, 1.165) is 11.3 Å². The quantitative estimate of drug-likeness (QED) is 0.677. The lowest BCUT2D eigenvalue weighted by atomic mass is 9.92. The van der Waals surface area contributed by atoms with E-state index in [9.17, 15) is 9.59 Å². The van der Waals surface area contributed by atoms with E-state index in [1.165, 1.54) is 0 Å². The topological polar surface area (TPSA) is 96.5 Å². The van der Waals surface area contributed by atoms with Gasteiger partial charge in [-0.1, -0.05) is 18.2 Å². The molecule has 1 saturated heterocycles. The lowest BCUT2D eigenvalue weighted by Crippen LogP contribution is -2.37. The summed E-state index contributed by atoms with van der Waals surface area (Å²) >= 11 is 0. The molecule has 8 nitrogen and oxygen atoms in total. The number of hydrogen-bond donors (Lipinski definition) is 2. The predicted octanol–water partition coefficient (Wildman–Crippen LogP) is 1.31. The highest BCUT2D eigenvalue weighted by Crippen LogP contribution is 2.41. The van der Waals surface area contributed by atoms with Crippen molar-refractivity contribution in [1.29, 1.82) is 0 Å². The number of H-pyrrole nitrogens is 1. The van der Waals surface area contributed by atoms with Gasteiger partial charge in [0.05, 0.1) is 32.0 Å². The van der Waals surface area contributed by atoms with Crippen molar-refractivity contribution in [2.45, 2.75) is 18.9 Å². The number of hydrogen-bond acceptors (Lipinski definition) is 5. The number of carbonyl (C=O) groups is 2. The molecule has 2 heterocycles. The van der Waals surface area contributed by atoms with Gasteiger partial charge in [0, 0.05) is 50.5 Å². The molecular formula is C20H26N4O4. The predicted molar refractivity (Wildman–Crippen MR) is 103 cm³/mol. The van der Waals surface area contributed by atoms with Crippen molar-refractivity contribution < 1.29 is 19.1 Å². The van der Waals surface area contributed by atoms with E-state index in [-0.39, 0.29) is 24.3 Å². The standard InChI is InChI=1S/C20H26N4O4/c1-27-10-9-24-18(25)11-16(19(24)15-5-3-4-6-17(15)28-2)20(26)22-8-7-14-12-21-13-23-14/h3-6,12-13,16,19H,7-11H2,1-2H3,(H,21,23)(H,22,26)/t16-,19+/m1/s1. The molecule has 2 aromatic rings. The molecule has 0 spiro atoms. The van der Waals surface area contributed by atoms with E-state index in [2.05, 4.69) is 15.3 Å². The zero-order chi connectivity index (χ0) is 19.9. The number of ether oxygens (including phenoxy) is 2. The van der Waals surface area contributed by atoms with Gasteiger partial charge in [-0.15, -0.1) is 0 Å². The van der Waals surface area contributed by atoms with Gasteiger partial charge in [-0.3, -0.25) is 9.59 Å². The number of nitrogens with one attached hydrogen (secondary N) is 2. The van der Waals surface area contributed by atoms with Gasteiger partial charge in [0.15, 0.2) is 0 Å². The third kappa shape index (κ3) is 4.33. The molecule has 8 heteroatoms. The molecule has 150 valence electrons. The second-order valence-corrected chi connectivity index (χ2v) is 6.70. The summed E-state index contributed by atoms with van der Waals surface area (Å²) < 4.78 is 10.7. The van der Waals surface area contributed by atoms with Gasteiger partial charge in [0.25, 0.3) is 0 Å². The number of rotatable bonds is 9. The molecule has 0 radical (unpaired) electrons. The fraction of sp³-hybridized carbons (Fsp3) is 0.450. The van der Waals surface area contributed by atoms with Crippen LogP contribution in [0.2, 0.25) is 0 Å². The summed E-state index contributed by atoms with van der Waals surface area (Å²) in [6.07, 6.45) is 4.16. The molecule has 0 bridgehead atoms. The van der Waals surface area contributed by atoms with E-state index >= 15 is 0 Å². The fourth-order valence-corrected chi connectivity index (χ4v) is 3.65. The number of carbonyl (C=O) groups excluding carboxylic acids is 2. The second kappa shape index (κ2) is 9.36. The Kier molecular flexibility index (Phi) is 6.65. The van der Waals surface area contributed by atoms with Crippen molar-refractivity contribution in [1.82, 2.24) is 20.2 Å². The van der Waals surface area contributed by atoms with Gasteiger partial charge >= 0.3 is 0 Å². The molecule has 2 amide bonds. The molecule has 1 aliphatic heterocycles. The molecule has 28 heavy (non-hydrogen) atoms. The Labute approximate surface area is 164 Å². The Morgan fingerprint density at radius 2 is 2.18 bits per heavy atom. The fourth-order valence-electron chi connectivity index (χ4n) is 3.65. The number of aromatic amines is 1. The summed E-state index contributed by atoms with van der Waals surface area (Å²) in [7, 11) is 3.19. The van der Waals surface area contributed by atoms with E-state index in [4.69, 9.17) is 9.47 Å². The maximum Gasteiger partial charge on any atom is 0.226 e. The largest absolute Gasteiger partial charge is 0.496 e. The molecule has 1 aromatic heterocycles. The Balaban J connectivity index is 1.78. The summed E-state index contributed by atoms with van der Waals surface area (Å²) in [5, 5.41) is 2.96. The first kappa shape index (κ1) is 19.9. The van der Waals surface area contributed by atoms with Gasteiger partial charge in [-0.25, -0.2) is 4.98 Å². The van der Waals surface area contributed by atoms with Gasteiger partial charge < -0.3 is 24.7 Å². The van der Waals surface area contributed by atoms with Crippen LogP contribution >= 0.6 is 0 Å². The number of methoxy groups -OCH3 is 2. The van der Waals surface area contributed by atoms with Crippen molar-refractivity contribution in [3.05, 3.63) is 48.0 Å².